The molecule has 3 aromatic heterocycles. The molecule has 7 rings (SSSR count). The van der Waals surface area contributed by atoms with E-state index in [2.05, 4.69) is 80.4 Å². The molecule has 0 fully saturated rings. The maximum atomic E-state index is 2.53. The van der Waals surface area contributed by atoms with Crippen molar-refractivity contribution in [3.63, 3.8) is 0 Å². The van der Waals surface area contributed by atoms with E-state index < -0.39 is 0 Å². The standard InChI is InChI=1S/C22H15N3/c1-2-6-14(7-3-1)20-18-13-23-11-5-10-17-16-9-4-8-15-12-24(20)22(19(15)16)25(18)21(17)23/h1-11H,12-13H2/q+2. The van der Waals surface area contributed by atoms with Gasteiger partial charge in [0.25, 0.3) is 11.3 Å². The number of benzene rings is 2. The minimum Gasteiger partial charge on any atom is -0.225 e. The van der Waals surface area contributed by atoms with E-state index in [-0.39, 0.29) is 0 Å². The summed E-state index contributed by atoms with van der Waals surface area (Å²) in [4.78, 5) is 0. The molecule has 0 saturated carbocycles. The molecule has 3 heteroatoms. The molecule has 116 valence electrons. The highest BCUT2D eigenvalue weighted by atomic mass is 15.2. The smallest absolute Gasteiger partial charge is 0.225 e. The van der Waals surface area contributed by atoms with Crippen molar-refractivity contribution < 1.29 is 9.13 Å². The van der Waals surface area contributed by atoms with Gasteiger partial charge in [0.15, 0.2) is 12.2 Å². The summed E-state index contributed by atoms with van der Waals surface area (Å²) in [6.07, 6.45) is 2.21. The molecular weight excluding hydrogens is 306 g/mol. The van der Waals surface area contributed by atoms with Gasteiger partial charge in [-0.15, -0.1) is 0 Å². The lowest BCUT2D eigenvalue weighted by atomic mass is 10.0. The zero-order valence-electron chi connectivity index (χ0n) is 13.6. The van der Waals surface area contributed by atoms with E-state index in [1.165, 1.54) is 50.0 Å². The molecule has 0 atom stereocenters. The predicted molar refractivity (Wildman–Crippen MR) is 96.4 cm³/mol. The van der Waals surface area contributed by atoms with Crippen LogP contribution in [0, 0.1) is 0 Å². The zero-order chi connectivity index (χ0) is 16.1. The Balaban J connectivity index is 1.82. The summed E-state index contributed by atoms with van der Waals surface area (Å²) in [7, 11) is 0. The highest BCUT2D eigenvalue weighted by Crippen LogP contribution is 2.38. The lowest BCUT2D eigenvalue weighted by Crippen LogP contribution is -2.36. The van der Waals surface area contributed by atoms with E-state index in [1.54, 1.807) is 0 Å². The number of rotatable bonds is 1. The number of fused-ring (bicyclic) bond motifs is 1. The summed E-state index contributed by atoms with van der Waals surface area (Å²) in [6, 6.07) is 22.1. The minimum absolute atomic E-state index is 0.941. The van der Waals surface area contributed by atoms with Crippen LogP contribution in [0.1, 0.15) is 11.3 Å². The largest absolute Gasteiger partial charge is 0.299 e. The van der Waals surface area contributed by atoms with E-state index in [4.69, 9.17) is 0 Å². The van der Waals surface area contributed by atoms with Crippen molar-refractivity contribution in [2.45, 2.75) is 13.1 Å². The van der Waals surface area contributed by atoms with Crippen LogP contribution in [0.5, 0.6) is 0 Å². The van der Waals surface area contributed by atoms with Crippen molar-refractivity contribution in [1.82, 2.24) is 4.40 Å². The van der Waals surface area contributed by atoms with Gasteiger partial charge in [0.1, 0.15) is 6.54 Å². The lowest BCUT2D eigenvalue weighted by molar-refractivity contribution is -0.666. The second kappa shape index (κ2) is 3.89. The molecule has 0 unspecified atom stereocenters. The Morgan fingerprint density at radius 2 is 1.64 bits per heavy atom. The van der Waals surface area contributed by atoms with Crippen molar-refractivity contribution in [1.29, 1.82) is 0 Å². The van der Waals surface area contributed by atoms with E-state index in [9.17, 15) is 0 Å². The molecule has 25 heavy (non-hydrogen) atoms. The molecule has 0 bridgehead atoms. The molecule has 0 radical (unpaired) electrons. The molecule has 2 aliphatic rings. The molecule has 0 N–H and O–H groups in total. The number of nitrogens with zero attached hydrogens (tertiary/aromatic N) is 3. The molecule has 2 aliphatic heterocycles. The SMILES string of the molecule is c1ccc(-c2c3n4c5c(ccc[n+]5C3)c3cccc5c3c4[n+]2C5)cc1. The highest BCUT2D eigenvalue weighted by Gasteiger charge is 2.41. The van der Waals surface area contributed by atoms with Gasteiger partial charge in [-0.1, -0.05) is 48.5 Å². The highest BCUT2D eigenvalue weighted by molar-refractivity contribution is 6.11. The molecule has 0 spiro atoms. The van der Waals surface area contributed by atoms with E-state index in [0.717, 1.165) is 13.1 Å². The first-order valence-corrected chi connectivity index (χ1v) is 8.80. The van der Waals surface area contributed by atoms with Crippen LogP contribution in [-0.2, 0) is 13.1 Å². The molecule has 2 aromatic carbocycles. The van der Waals surface area contributed by atoms with Gasteiger partial charge in [-0.3, -0.25) is 0 Å². The van der Waals surface area contributed by atoms with Gasteiger partial charge in [-0.05, 0) is 12.1 Å². The average molecular weight is 321 g/mol. The van der Waals surface area contributed by atoms with Crippen LogP contribution in [-0.4, -0.2) is 4.40 Å². The fourth-order valence-corrected chi connectivity index (χ4v) is 4.99. The van der Waals surface area contributed by atoms with Gasteiger partial charge >= 0.3 is 0 Å². The fraction of sp³-hybridized carbons (Fsp3) is 0.0909. The minimum atomic E-state index is 0.941. The summed E-state index contributed by atoms with van der Waals surface area (Å²) < 4.78 is 7.43. The van der Waals surface area contributed by atoms with Crippen molar-refractivity contribution in [3.05, 3.63) is 78.1 Å². The van der Waals surface area contributed by atoms with Crippen LogP contribution in [0.3, 0.4) is 0 Å². The van der Waals surface area contributed by atoms with Gasteiger partial charge < -0.3 is 0 Å². The number of hydrogen-bond donors (Lipinski definition) is 0. The third-order valence-corrected chi connectivity index (χ3v) is 5.89. The molecule has 0 saturated heterocycles. The van der Waals surface area contributed by atoms with Crippen LogP contribution in [0.4, 0.5) is 0 Å². The van der Waals surface area contributed by atoms with Gasteiger partial charge in [0.2, 0.25) is 5.69 Å². The van der Waals surface area contributed by atoms with E-state index >= 15 is 0 Å². The first-order valence-electron chi connectivity index (χ1n) is 8.80. The third kappa shape index (κ3) is 1.25. The number of imidazole rings is 1. The Morgan fingerprint density at radius 3 is 2.56 bits per heavy atom. The molecular formula is C22H15N3+2. The summed E-state index contributed by atoms with van der Waals surface area (Å²) in [5.74, 6) is 0. The molecule has 0 aliphatic carbocycles. The first-order chi connectivity index (χ1) is 12.4. The van der Waals surface area contributed by atoms with Gasteiger partial charge in [0, 0.05) is 16.5 Å². The van der Waals surface area contributed by atoms with E-state index in [1.807, 2.05) is 0 Å². The summed E-state index contributed by atoms with van der Waals surface area (Å²) >= 11 is 0. The lowest BCUT2D eigenvalue weighted by Gasteiger charge is -2.01. The normalized spacial score (nSPS) is 14.1. The van der Waals surface area contributed by atoms with E-state index in [0.29, 0.717) is 0 Å². The second-order valence-electron chi connectivity index (χ2n) is 7.12. The van der Waals surface area contributed by atoms with Crippen LogP contribution in [0.15, 0.2) is 66.9 Å². The van der Waals surface area contributed by atoms with Crippen LogP contribution >= 0.6 is 0 Å². The summed E-state index contributed by atoms with van der Waals surface area (Å²) in [5.41, 5.74) is 8.22. The Hall–Kier alpha value is -3.20. The number of hydrogen-bond acceptors (Lipinski definition) is 0. The van der Waals surface area contributed by atoms with Crippen molar-refractivity contribution in [2.75, 3.05) is 0 Å². The maximum Gasteiger partial charge on any atom is 0.299 e. The van der Waals surface area contributed by atoms with Crippen molar-refractivity contribution in [2.24, 2.45) is 0 Å². The second-order valence-corrected chi connectivity index (χ2v) is 7.12. The number of pyridine rings is 2. The quantitative estimate of drug-likeness (QED) is 0.325. The predicted octanol–water partition coefficient (Wildman–Crippen LogP) is 3.21. The first kappa shape index (κ1) is 12.2. The molecule has 0 amide bonds. The Bertz CT molecular complexity index is 1290. The Morgan fingerprint density at radius 1 is 0.760 bits per heavy atom. The average Bonchev–Trinajstić information content (AvgIpc) is 3.29. The molecule has 3 nitrogen and oxygen atoms in total. The third-order valence-electron chi connectivity index (χ3n) is 5.89. The zero-order valence-corrected chi connectivity index (χ0v) is 13.6. The van der Waals surface area contributed by atoms with Crippen LogP contribution in [0.2, 0.25) is 0 Å². The Labute approximate surface area is 144 Å². The van der Waals surface area contributed by atoms with Gasteiger partial charge in [-0.2, -0.15) is 4.40 Å². The topological polar surface area (TPSA) is 12.2 Å². The van der Waals surface area contributed by atoms with Crippen LogP contribution < -0.4 is 9.13 Å². The molecule has 5 aromatic rings. The summed E-state index contributed by atoms with van der Waals surface area (Å²) in [6.45, 7) is 1.91. The fourth-order valence-electron chi connectivity index (χ4n) is 4.99. The summed E-state index contributed by atoms with van der Waals surface area (Å²) in [5, 5.41) is 4.17. The maximum absolute atomic E-state index is 2.53. The number of aromatic nitrogens is 3. The Kier molecular flexibility index (Phi) is 1.90. The van der Waals surface area contributed by atoms with Gasteiger partial charge in [0.05, 0.1) is 17.0 Å². The van der Waals surface area contributed by atoms with Crippen molar-refractivity contribution >= 4 is 27.5 Å². The van der Waals surface area contributed by atoms with Crippen LogP contribution in [0.25, 0.3) is 38.7 Å². The monoisotopic (exact) mass is 321 g/mol. The molecule has 5 heterocycles. The van der Waals surface area contributed by atoms with Crippen molar-refractivity contribution in [3.8, 4) is 11.3 Å². The van der Waals surface area contributed by atoms with Gasteiger partial charge in [-0.25, -0.2) is 9.13 Å².